The van der Waals surface area contributed by atoms with E-state index in [-0.39, 0.29) is 0 Å². The highest BCUT2D eigenvalue weighted by atomic mass is 16.3. The lowest BCUT2D eigenvalue weighted by molar-refractivity contribution is 0.670. The van der Waals surface area contributed by atoms with Gasteiger partial charge in [-0.25, -0.2) is 0 Å². The van der Waals surface area contributed by atoms with Gasteiger partial charge in [-0.05, 0) is 147 Å². The molecule has 0 aliphatic heterocycles. The van der Waals surface area contributed by atoms with Crippen molar-refractivity contribution in [1.29, 1.82) is 0 Å². The van der Waals surface area contributed by atoms with E-state index in [4.69, 9.17) is 4.42 Å². The number of benzene rings is 13. The number of furan rings is 1. The molecule has 0 saturated heterocycles. The summed E-state index contributed by atoms with van der Waals surface area (Å²) in [6.07, 6.45) is 0. The van der Waals surface area contributed by atoms with E-state index >= 15 is 0 Å². The summed E-state index contributed by atoms with van der Waals surface area (Å²) >= 11 is 0. The van der Waals surface area contributed by atoms with Crippen molar-refractivity contribution in [3.63, 3.8) is 0 Å². The number of fused-ring (bicyclic) bond motifs is 7. The van der Waals surface area contributed by atoms with Gasteiger partial charge in [0.25, 0.3) is 0 Å². The summed E-state index contributed by atoms with van der Waals surface area (Å²) in [5.41, 5.74) is 22.4. The van der Waals surface area contributed by atoms with Crippen LogP contribution in [0.1, 0.15) is 0 Å². The van der Waals surface area contributed by atoms with E-state index in [1.165, 1.54) is 27.6 Å². The molecule has 0 saturated carbocycles. The minimum Gasteiger partial charge on any atom is -0.455 e. The molecular formula is C78H53N3O. The van der Waals surface area contributed by atoms with Gasteiger partial charge in [-0.15, -0.1) is 0 Å². The molecule has 386 valence electrons. The van der Waals surface area contributed by atoms with Gasteiger partial charge in [-0.3, -0.25) is 0 Å². The van der Waals surface area contributed by atoms with E-state index in [1.807, 2.05) is 0 Å². The monoisotopic (exact) mass is 1050 g/mol. The Hall–Kier alpha value is -10.9. The molecule has 15 aromatic rings. The summed E-state index contributed by atoms with van der Waals surface area (Å²) in [7, 11) is 0. The van der Waals surface area contributed by atoms with Crippen molar-refractivity contribution in [3.8, 4) is 61.3 Å². The molecule has 13 aromatic carbocycles. The molecule has 15 rings (SSSR count). The third-order valence-electron chi connectivity index (χ3n) is 16.0. The highest BCUT2D eigenvalue weighted by Gasteiger charge is 2.26. The van der Waals surface area contributed by atoms with Crippen molar-refractivity contribution in [3.05, 3.63) is 322 Å². The maximum Gasteiger partial charge on any atom is 0.145 e. The van der Waals surface area contributed by atoms with Crippen LogP contribution < -0.4 is 9.80 Å². The van der Waals surface area contributed by atoms with Crippen LogP contribution in [-0.2, 0) is 0 Å². The first-order chi connectivity index (χ1) is 40.7. The van der Waals surface area contributed by atoms with Crippen LogP contribution >= 0.6 is 0 Å². The van der Waals surface area contributed by atoms with E-state index < -0.39 is 0 Å². The van der Waals surface area contributed by atoms with Crippen LogP contribution in [0.3, 0.4) is 0 Å². The van der Waals surface area contributed by atoms with E-state index in [2.05, 4.69) is 336 Å². The molecule has 2 aromatic heterocycles. The number of aromatic nitrogens is 1. The Morgan fingerprint density at radius 3 is 1.04 bits per heavy atom. The minimum absolute atomic E-state index is 0.828. The lowest BCUT2D eigenvalue weighted by Crippen LogP contribution is -2.14. The Balaban J connectivity index is 1.02. The first-order valence-corrected chi connectivity index (χ1v) is 28.0. The van der Waals surface area contributed by atoms with Crippen LogP contribution in [0.2, 0.25) is 0 Å². The Labute approximate surface area is 476 Å². The average Bonchev–Trinajstić information content (AvgIpc) is 2.88. The zero-order valence-corrected chi connectivity index (χ0v) is 44.8. The lowest BCUT2D eigenvalue weighted by Gasteiger charge is -2.31. The molecule has 0 spiro atoms. The molecule has 0 radical (unpaired) electrons. The number of hydrogen-bond acceptors (Lipinski definition) is 3. The predicted molar refractivity (Wildman–Crippen MR) is 345 cm³/mol. The maximum absolute atomic E-state index is 7.25. The smallest absolute Gasteiger partial charge is 0.145 e. The fourth-order valence-corrected chi connectivity index (χ4v) is 12.0. The number of para-hydroxylation sites is 3. The van der Waals surface area contributed by atoms with Gasteiger partial charge in [0, 0.05) is 61.5 Å². The first-order valence-electron chi connectivity index (χ1n) is 28.0. The van der Waals surface area contributed by atoms with Crippen molar-refractivity contribution >= 4 is 77.9 Å². The van der Waals surface area contributed by atoms with E-state index in [0.717, 1.165) is 112 Å². The second-order valence-electron chi connectivity index (χ2n) is 20.9. The second-order valence-corrected chi connectivity index (χ2v) is 20.9. The van der Waals surface area contributed by atoms with Crippen molar-refractivity contribution < 1.29 is 4.42 Å². The van der Waals surface area contributed by atoms with Gasteiger partial charge in [-0.2, -0.15) is 0 Å². The van der Waals surface area contributed by atoms with Crippen LogP contribution in [0, 0.1) is 0 Å². The Morgan fingerprint density at radius 1 is 0.256 bits per heavy atom. The third-order valence-corrected chi connectivity index (χ3v) is 16.0. The summed E-state index contributed by atoms with van der Waals surface area (Å²) in [5, 5.41) is 4.46. The van der Waals surface area contributed by atoms with Gasteiger partial charge < -0.3 is 18.8 Å². The first kappa shape index (κ1) is 48.2. The van der Waals surface area contributed by atoms with E-state index in [1.54, 1.807) is 0 Å². The van der Waals surface area contributed by atoms with E-state index in [0.29, 0.717) is 0 Å². The van der Waals surface area contributed by atoms with Crippen LogP contribution in [0.15, 0.2) is 326 Å². The van der Waals surface area contributed by atoms with Gasteiger partial charge in [0.05, 0.1) is 16.4 Å². The maximum atomic E-state index is 7.25. The normalized spacial score (nSPS) is 11.4. The van der Waals surface area contributed by atoms with Crippen LogP contribution in [0.4, 0.5) is 34.1 Å². The summed E-state index contributed by atoms with van der Waals surface area (Å²) in [4.78, 5) is 4.81. The van der Waals surface area contributed by atoms with Crippen molar-refractivity contribution in [2.45, 2.75) is 0 Å². The molecule has 0 bridgehead atoms. The summed E-state index contributed by atoms with van der Waals surface area (Å²) < 4.78 is 9.67. The zero-order valence-electron chi connectivity index (χ0n) is 44.8. The molecule has 4 nitrogen and oxygen atoms in total. The average molecular weight is 1050 g/mol. The number of nitrogens with zero attached hydrogens (tertiary/aromatic N) is 3. The molecule has 0 amide bonds. The van der Waals surface area contributed by atoms with Gasteiger partial charge in [-0.1, -0.05) is 224 Å². The van der Waals surface area contributed by atoms with Gasteiger partial charge in [0.1, 0.15) is 11.2 Å². The fraction of sp³-hybridized carbons (Fsp3) is 0. The molecule has 0 atom stereocenters. The summed E-state index contributed by atoms with van der Waals surface area (Å²) in [6.45, 7) is 0. The summed E-state index contributed by atoms with van der Waals surface area (Å²) in [6, 6.07) is 116. The van der Waals surface area contributed by atoms with Crippen molar-refractivity contribution in [2.24, 2.45) is 0 Å². The van der Waals surface area contributed by atoms with Crippen LogP contribution in [0.5, 0.6) is 0 Å². The SMILES string of the molecule is c1ccc(-c2ccc(N(c3ccc(-c4ccccc4)cc3)c3cc(-c4cc5c6ccccc6n(-c6ccccc6)c5c5c4oc4ccccc45)cc(N(c4ccc(-c5ccccc5)cc4)c4ccc(-c5ccccc5)cc4)c3)cc2)cc1. The number of hydrogen-bond donors (Lipinski definition) is 0. The third kappa shape index (κ3) is 8.76. The highest BCUT2D eigenvalue weighted by molar-refractivity contribution is 6.27. The van der Waals surface area contributed by atoms with E-state index in [9.17, 15) is 0 Å². The molecule has 0 aliphatic carbocycles. The molecule has 2 heterocycles. The molecule has 4 heteroatoms. The standard InChI is InChI=1S/C78H53N3O/c1-6-20-54(21-7-1)58-34-42-64(43-35-58)79(65-44-36-59(37-45-65)55-22-8-2-9-23-55)68-50-62(72-53-73-70-30-16-18-32-74(70)81(63-28-14-5-15-29-63)77(73)76-71-31-17-19-33-75(71)82-78(72)76)51-69(52-68)80(66-46-38-60(39-47-66)56-24-10-3-11-25-56)67-48-40-61(41-49-67)57-26-12-4-13-27-57/h1-53H. The van der Waals surface area contributed by atoms with Gasteiger partial charge in [0.15, 0.2) is 0 Å². The Morgan fingerprint density at radius 2 is 0.610 bits per heavy atom. The highest BCUT2D eigenvalue weighted by Crippen LogP contribution is 2.49. The molecule has 0 unspecified atom stereocenters. The van der Waals surface area contributed by atoms with Crippen LogP contribution in [0.25, 0.3) is 105 Å². The van der Waals surface area contributed by atoms with Gasteiger partial charge >= 0.3 is 0 Å². The number of rotatable bonds is 12. The fourth-order valence-electron chi connectivity index (χ4n) is 12.0. The number of anilines is 6. The Kier molecular flexibility index (Phi) is 12.2. The molecule has 0 fully saturated rings. The molecular weight excluding hydrogens is 995 g/mol. The Bertz CT molecular complexity index is 4370. The van der Waals surface area contributed by atoms with Gasteiger partial charge in [0.2, 0.25) is 0 Å². The van der Waals surface area contributed by atoms with Crippen molar-refractivity contribution in [1.82, 2.24) is 4.57 Å². The lowest BCUT2D eigenvalue weighted by atomic mass is 9.96. The topological polar surface area (TPSA) is 24.6 Å². The largest absolute Gasteiger partial charge is 0.455 e. The zero-order chi connectivity index (χ0) is 54.3. The predicted octanol–water partition coefficient (Wildman–Crippen LogP) is 22.0. The quantitative estimate of drug-likeness (QED) is 0.122. The molecule has 0 aliphatic rings. The molecule has 0 N–H and O–H groups in total. The summed E-state index contributed by atoms with van der Waals surface area (Å²) in [5.74, 6) is 0. The molecule has 82 heavy (non-hydrogen) atoms. The minimum atomic E-state index is 0.828. The second kappa shape index (κ2) is 20.7. The van der Waals surface area contributed by atoms with Crippen molar-refractivity contribution in [2.75, 3.05) is 9.80 Å². The van der Waals surface area contributed by atoms with Crippen LogP contribution in [-0.4, -0.2) is 4.57 Å².